The minimum atomic E-state index is -1.55. The van der Waals surface area contributed by atoms with Crippen molar-refractivity contribution in [2.45, 2.75) is 20.0 Å². The van der Waals surface area contributed by atoms with Crippen LogP contribution >= 0.6 is 12.2 Å². The first-order valence-corrected chi connectivity index (χ1v) is 6.69. The highest BCUT2D eigenvalue weighted by Gasteiger charge is 2.21. The lowest BCUT2D eigenvalue weighted by Crippen LogP contribution is -2.36. The normalized spacial score (nSPS) is 11.2. The van der Waals surface area contributed by atoms with Gasteiger partial charge in [-0.2, -0.15) is 0 Å². The maximum Gasteiger partial charge on any atom is 0.224 e. The fourth-order valence-electron chi connectivity index (χ4n) is 0.334. The van der Waals surface area contributed by atoms with Crippen LogP contribution in [0.25, 0.3) is 0 Å². The van der Waals surface area contributed by atoms with Gasteiger partial charge in [0, 0.05) is 14.0 Å². The molecule has 0 aliphatic rings. The number of ether oxygens (including phenoxy) is 1. The third-order valence-electron chi connectivity index (χ3n) is 1.18. The molecule has 0 unspecified atom stereocenters. The smallest absolute Gasteiger partial charge is 0.224 e. The van der Waals surface area contributed by atoms with Crippen molar-refractivity contribution < 1.29 is 9.16 Å². The Hall–Kier alpha value is 0.0669. The molecule has 4 heteroatoms. The Kier molecular flexibility index (Phi) is 4.08. The van der Waals surface area contributed by atoms with Gasteiger partial charge in [-0.3, -0.25) is 0 Å². The minimum absolute atomic E-state index is 0.595. The summed E-state index contributed by atoms with van der Waals surface area (Å²) in [6.45, 7) is 5.95. The van der Waals surface area contributed by atoms with Gasteiger partial charge in [0.2, 0.25) is 8.32 Å². The molecule has 0 aliphatic heterocycles. The van der Waals surface area contributed by atoms with E-state index in [0.717, 1.165) is 0 Å². The second-order valence-corrected chi connectivity index (χ2v) is 7.54. The monoisotopic (exact) mass is 178 g/mol. The summed E-state index contributed by atoms with van der Waals surface area (Å²) in [4.78, 5) is 0. The lowest BCUT2D eigenvalue weighted by atomic mass is 10.9. The standard InChI is InChI=1S/C6H14O2SSi/c1-6(9)8-5-10(3,4)7-2/h5H2,1-4H3. The molecule has 0 fully saturated rings. The molecule has 60 valence electrons. The molecule has 0 rings (SSSR count). The minimum Gasteiger partial charge on any atom is -0.488 e. The van der Waals surface area contributed by atoms with Crippen LogP contribution in [-0.4, -0.2) is 26.7 Å². The van der Waals surface area contributed by atoms with E-state index in [-0.39, 0.29) is 0 Å². The van der Waals surface area contributed by atoms with Crippen molar-refractivity contribution in [3.8, 4) is 0 Å². The molecule has 0 aromatic carbocycles. The largest absolute Gasteiger partial charge is 0.488 e. The Balaban J connectivity index is 3.56. The van der Waals surface area contributed by atoms with Gasteiger partial charge in [0.1, 0.15) is 6.23 Å². The summed E-state index contributed by atoms with van der Waals surface area (Å²) in [7, 11) is 0.167. The highest BCUT2D eigenvalue weighted by Crippen LogP contribution is 2.02. The van der Waals surface area contributed by atoms with Crippen molar-refractivity contribution in [2.24, 2.45) is 0 Å². The molecule has 2 nitrogen and oxygen atoms in total. The van der Waals surface area contributed by atoms with Gasteiger partial charge in [0.15, 0.2) is 5.05 Å². The number of hydrogen-bond donors (Lipinski definition) is 0. The molecule has 0 aliphatic carbocycles. The second-order valence-electron chi connectivity index (χ2n) is 2.74. The number of rotatable bonds is 3. The van der Waals surface area contributed by atoms with E-state index < -0.39 is 8.32 Å². The maximum absolute atomic E-state index is 5.24. The van der Waals surface area contributed by atoms with Gasteiger partial charge >= 0.3 is 0 Å². The molecule has 0 spiro atoms. The van der Waals surface area contributed by atoms with E-state index in [9.17, 15) is 0 Å². The Morgan fingerprint density at radius 3 is 2.30 bits per heavy atom. The first-order valence-electron chi connectivity index (χ1n) is 3.16. The van der Waals surface area contributed by atoms with Crippen molar-refractivity contribution in [1.29, 1.82) is 0 Å². The van der Waals surface area contributed by atoms with Gasteiger partial charge in [0.05, 0.1) is 0 Å². The Bertz CT molecular complexity index is 125. The van der Waals surface area contributed by atoms with E-state index in [1.54, 1.807) is 14.0 Å². The zero-order valence-corrected chi connectivity index (χ0v) is 8.75. The summed E-state index contributed by atoms with van der Waals surface area (Å²) in [5.74, 6) is 0. The van der Waals surface area contributed by atoms with Gasteiger partial charge < -0.3 is 9.16 Å². The van der Waals surface area contributed by atoms with E-state index in [1.807, 2.05) is 0 Å². The summed E-state index contributed by atoms with van der Waals surface area (Å²) >= 11 is 4.76. The van der Waals surface area contributed by atoms with Crippen LogP contribution in [0.5, 0.6) is 0 Å². The van der Waals surface area contributed by atoms with Gasteiger partial charge in [-0.05, 0) is 25.3 Å². The average Bonchev–Trinajstić information content (AvgIpc) is 1.85. The maximum atomic E-state index is 5.24. The molecule has 0 N–H and O–H groups in total. The summed E-state index contributed by atoms with van der Waals surface area (Å²) < 4.78 is 10.4. The van der Waals surface area contributed by atoms with Gasteiger partial charge in [-0.25, -0.2) is 0 Å². The first kappa shape index (κ1) is 10.1. The number of thiocarbonyl (C=S) groups is 1. The Morgan fingerprint density at radius 1 is 1.50 bits per heavy atom. The van der Waals surface area contributed by atoms with Crippen LogP contribution in [-0.2, 0) is 9.16 Å². The SMILES string of the molecule is CO[Si](C)(C)COC(C)=S. The number of hydrogen-bond acceptors (Lipinski definition) is 3. The fourth-order valence-corrected chi connectivity index (χ4v) is 1.18. The molecule has 0 radical (unpaired) electrons. The predicted octanol–water partition coefficient (Wildman–Crippen LogP) is 1.74. The molecule has 10 heavy (non-hydrogen) atoms. The second kappa shape index (κ2) is 4.05. The first-order chi connectivity index (χ1) is 4.48. The molecule has 0 saturated carbocycles. The highest BCUT2D eigenvalue weighted by molar-refractivity contribution is 7.80. The lowest BCUT2D eigenvalue weighted by Gasteiger charge is -2.19. The van der Waals surface area contributed by atoms with Crippen LogP contribution in [0, 0.1) is 0 Å². The van der Waals surface area contributed by atoms with Gasteiger partial charge in [0.25, 0.3) is 0 Å². The highest BCUT2D eigenvalue weighted by atomic mass is 32.1. The van der Waals surface area contributed by atoms with E-state index in [4.69, 9.17) is 21.4 Å². The van der Waals surface area contributed by atoms with Crippen LogP contribution in [0.1, 0.15) is 6.92 Å². The molecular formula is C6H14O2SSi. The summed E-state index contributed by atoms with van der Waals surface area (Å²) in [6, 6.07) is 0. The quantitative estimate of drug-likeness (QED) is 0.484. The van der Waals surface area contributed by atoms with Crippen molar-refractivity contribution in [1.82, 2.24) is 0 Å². The summed E-state index contributed by atoms with van der Waals surface area (Å²) in [5, 5.41) is 0.595. The Labute approximate surface area is 68.7 Å². The van der Waals surface area contributed by atoms with Crippen LogP contribution < -0.4 is 0 Å². The molecule has 0 atom stereocenters. The molecule has 0 bridgehead atoms. The van der Waals surface area contributed by atoms with Gasteiger partial charge in [-0.15, -0.1) is 0 Å². The molecular weight excluding hydrogens is 164 g/mol. The average molecular weight is 178 g/mol. The third kappa shape index (κ3) is 4.90. The lowest BCUT2D eigenvalue weighted by molar-refractivity contribution is 0.316. The molecule has 0 amide bonds. The van der Waals surface area contributed by atoms with E-state index in [2.05, 4.69) is 13.1 Å². The zero-order valence-electron chi connectivity index (χ0n) is 6.93. The topological polar surface area (TPSA) is 18.5 Å². The zero-order chi connectivity index (χ0) is 8.20. The van der Waals surface area contributed by atoms with Crippen molar-refractivity contribution in [3.63, 3.8) is 0 Å². The fraction of sp³-hybridized carbons (Fsp3) is 0.833. The van der Waals surface area contributed by atoms with Crippen molar-refractivity contribution in [3.05, 3.63) is 0 Å². The Morgan fingerprint density at radius 2 is 2.00 bits per heavy atom. The summed E-state index contributed by atoms with van der Waals surface area (Å²) in [5.41, 5.74) is 0. The van der Waals surface area contributed by atoms with Crippen LogP contribution in [0.3, 0.4) is 0 Å². The molecule has 0 heterocycles. The van der Waals surface area contributed by atoms with Crippen molar-refractivity contribution in [2.75, 3.05) is 13.3 Å². The van der Waals surface area contributed by atoms with Crippen molar-refractivity contribution >= 4 is 25.6 Å². The van der Waals surface area contributed by atoms with E-state index in [1.165, 1.54) is 0 Å². The third-order valence-corrected chi connectivity index (χ3v) is 3.24. The van der Waals surface area contributed by atoms with Crippen LogP contribution in [0.2, 0.25) is 13.1 Å². The van der Waals surface area contributed by atoms with E-state index >= 15 is 0 Å². The van der Waals surface area contributed by atoms with E-state index in [0.29, 0.717) is 11.3 Å². The van der Waals surface area contributed by atoms with Crippen LogP contribution in [0.4, 0.5) is 0 Å². The molecule has 0 aromatic rings. The molecule has 0 saturated heterocycles. The molecule has 0 aromatic heterocycles. The summed E-state index contributed by atoms with van der Waals surface area (Å²) in [6.07, 6.45) is 0.652. The van der Waals surface area contributed by atoms with Gasteiger partial charge in [-0.1, -0.05) is 0 Å². The predicted molar refractivity (Wildman–Crippen MR) is 48.7 cm³/mol. The van der Waals surface area contributed by atoms with Crippen LogP contribution in [0.15, 0.2) is 0 Å².